The maximum atomic E-state index is 15.2. The molecular formula is C39H39F5N2O5. The van der Waals surface area contributed by atoms with E-state index in [1.165, 1.54) is 19.1 Å². The van der Waals surface area contributed by atoms with E-state index in [0.29, 0.717) is 48.1 Å². The summed E-state index contributed by atoms with van der Waals surface area (Å²) < 4.78 is 76.9. The van der Waals surface area contributed by atoms with Crippen molar-refractivity contribution in [3.63, 3.8) is 0 Å². The number of ketones is 1. The Hall–Kier alpha value is -4.50. The third kappa shape index (κ3) is 6.45. The van der Waals surface area contributed by atoms with Gasteiger partial charge in [-0.1, -0.05) is 36.5 Å². The Bertz CT molecular complexity index is 1840. The number of nitrogens with one attached hydrogen (secondary N) is 2. The monoisotopic (exact) mass is 710 g/mol. The Morgan fingerprint density at radius 3 is 2.37 bits per heavy atom. The van der Waals surface area contributed by atoms with Crippen LogP contribution in [0.4, 0.5) is 32.4 Å². The minimum atomic E-state index is -5.91. The number of aliphatic hydroxyl groups is 1. The maximum absolute atomic E-state index is 15.2. The third-order valence-corrected chi connectivity index (χ3v) is 11.3. The summed E-state index contributed by atoms with van der Waals surface area (Å²) in [6, 6.07) is 12.7. The van der Waals surface area contributed by atoms with E-state index in [9.17, 15) is 32.7 Å². The van der Waals surface area contributed by atoms with Crippen LogP contribution in [0.3, 0.4) is 0 Å². The van der Waals surface area contributed by atoms with Crippen molar-refractivity contribution in [2.75, 3.05) is 18.5 Å². The molecule has 270 valence electrons. The van der Waals surface area contributed by atoms with E-state index in [4.69, 9.17) is 4.74 Å². The fraction of sp³-hybridized carbons (Fsp3) is 0.462. The molecule has 2 aromatic rings. The minimum absolute atomic E-state index is 0.00855. The SMILES string of the molecule is CCOC(=O)c1ccc(NC(=O)NCC#Cc2ccc([C@H]3C[C@@]4(C)[C@@H](CC[C@@]4(O)C(F)(F)C(F)(F)F)[C@@H]4CCC5=CC(=O)CCC5=C43)cc2)cc1. The van der Waals surface area contributed by atoms with Crippen molar-refractivity contribution in [3.05, 3.63) is 88.0 Å². The van der Waals surface area contributed by atoms with Gasteiger partial charge in [-0.05, 0) is 116 Å². The van der Waals surface area contributed by atoms with Crippen LogP contribution in [0.2, 0.25) is 0 Å². The highest BCUT2D eigenvalue weighted by molar-refractivity contribution is 5.93. The van der Waals surface area contributed by atoms with Crippen molar-refractivity contribution in [2.24, 2.45) is 17.3 Å². The van der Waals surface area contributed by atoms with Gasteiger partial charge in [0.2, 0.25) is 0 Å². The van der Waals surface area contributed by atoms with E-state index in [1.54, 1.807) is 49.4 Å². The molecular weight excluding hydrogens is 671 g/mol. The maximum Gasteiger partial charge on any atom is 0.456 e. The fourth-order valence-electron chi connectivity index (χ4n) is 8.86. The van der Waals surface area contributed by atoms with Crippen molar-refractivity contribution in [2.45, 2.75) is 82.4 Å². The number of carbonyl (C=O) groups excluding carboxylic acids is 3. The van der Waals surface area contributed by atoms with E-state index in [1.807, 2.05) is 0 Å². The fourth-order valence-corrected chi connectivity index (χ4v) is 8.86. The molecule has 2 saturated carbocycles. The lowest BCUT2D eigenvalue weighted by Crippen LogP contribution is -2.65. The standard InChI is InChI=1S/C39H39F5N2O5/c1-3-51-34(48)25-10-13-27(14-11-25)46-35(49)45-20-4-5-23-6-8-24(9-7-23)31-22-36(2)32(18-19-37(36,50)38(40,41)39(42,43)44)30-16-12-26-21-28(47)15-17-29(26)33(30)31/h6-11,13-14,21,30-32,50H,3,12,15-20,22H2,1-2H3,(H2,45,46,49)/t30-,31+,32-,36-,37-/m0/s1. The number of fused-ring (bicyclic) bond motifs is 4. The number of anilines is 1. The second-order valence-corrected chi connectivity index (χ2v) is 14.0. The van der Waals surface area contributed by atoms with Crippen LogP contribution >= 0.6 is 0 Å². The van der Waals surface area contributed by atoms with Crippen LogP contribution in [0.5, 0.6) is 0 Å². The van der Waals surface area contributed by atoms with Crippen LogP contribution in [-0.2, 0) is 9.53 Å². The first-order chi connectivity index (χ1) is 24.1. The molecule has 0 spiro atoms. The first kappa shape index (κ1) is 36.3. The Labute approximate surface area is 292 Å². The molecule has 6 rings (SSSR count). The number of hydrogen-bond acceptors (Lipinski definition) is 5. The molecule has 0 aliphatic heterocycles. The number of amides is 2. The summed E-state index contributed by atoms with van der Waals surface area (Å²) in [6.07, 6.45) is -3.15. The molecule has 2 amide bonds. The molecule has 7 nitrogen and oxygen atoms in total. The second kappa shape index (κ2) is 13.6. The quantitative estimate of drug-likeness (QED) is 0.161. The molecule has 0 heterocycles. The van der Waals surface area contributed by atoms with E-state index in [0.717, 1.165) is 16.7 Å². The van der Waals surface area contributed by atoms with E-state index in [-0.39, 0.29) is 37.7 Å². The van der Waals surface area contributed by atoms with Gasteiger partial charge in [0.15, 0.2) is 5.78 Å². The molecule has 0 aromatic heterocycles. The number of urea groups is 1. The summed E-state index contributed by atoms with van der Waals surface area (Å²) in [7, 11) is 0. The smallest absolute Gasteiger partial charge is 0.456 e. The molecule has 2 fully saturated rings. The first-order valence-electron chi connectivity index (χ1n) is 17.1. The Morgan fingerprint density at radius 1 is 1.00 bits per heavy atom. The molecule has 5 atom stereocenters. The van der Waals surface area contributed by atoms with Gasteiger partial charge in [0.25, 0.3) is 0 Å². The highest BCUT2D eigenvalue weighted by atomic mass is 19.4. The Morgan fingerprint density at radius 2 is 1.71 bits per heavy atom. The van der Waals surface area contributed by atoms with Crippen LogP contribution in [0, 0.1) is 29.1 Å². The van der Waals surface area contributed by atoms with Gasteiger partial charge in [0, 0.05) is 29.0 Å². The summed E-state index contributed by atoms with van der Waals surface area (Å²) in [6.45, 7) is 3.36. The molecule has 0 saturated heterocycles. The summed E-state index contributed by atoms with van der Waals surface area (Å²) in [4.78, 5) is 36.4. The summed E-state index contributed by atoms with van der Waals surface area (Å²) >= 11 is 0. The number of rotatable bonds is 6. The first-order valence-corrected chi connectivity index (χ1v) is 17.1. The zero-order valence-electron chi connectivity index (χ0n) is 28.3. The predicted molar refractivity (Wildman–Crippen MR) is 179 cm³/mol. The highest BCUT2D eigenvalue weighted by Crippen LogP contribution is 2.70. The number of benzene rings is 2. The highest BCUT2D eigenvalue weighted by Gasteiger charge is 2.79. The van der Waals surface area contributed by atoms with Gasteiger partial charge in [0.1, 0.15) is 5.60 Å². The zero-order chi connectivity index (χ0) is 36.8. The number of allylic oxidation sites excluding steroid dienone is 4. The lowest BCUT2D eigenvalue weighted by Gasteiger charge is -2.56. The molecule has 4 aliphatic carbocycles. The summed E-state index contributed by atoms with van der Waals surface area (Å²) in [5.74, 6) is -1.35. The van der Waals surface area contributed by atoms with E-state index < -0.39 is 53.4 Å². The number of esters is 1. The lowest BCUT2D eigenvalue weighted by molar-refractivity contribution is -0.362. The van der Waals surface area contributed by atoms with Crippen molar-refractivity contribution in [3.8, 4) is 11.8 Å². The second-order valence-electron chi connectivity index (χ2n) is 14.0. The largest absolute Gasteiger partial charge is 0.462 e. The third-order valence-electron chi connectivity index (χ3n) is 11.3. The van der Waals surface area contributed by atoms with Crippen molar-refractivity contribution < 1.29 is 46.2 Å². The molecule has 2 aromatic carbocycles. The van der Waals surface area contributed by atoms with Crippen LogP contribution in [0.1, 0.15) is 86.2 Å². The molecule has 0 unspecified atom stereocenters. The predicted octanol–water partition coefficient (Wildman–Crippen LogP) is 7.86. The van der Waals surface area contributed by atoms with Gasteiger partial charge in [-0.2, -0.15) is 22.0 Å². The van der Waals surface area contributed by atoms with Gasteiger partial charge in [-0.15, -0.1) is 0 Å². The van der Waals surface area contributed by atoms with E-state index >= 15 is 8.78 Å². The van der Waals surface area contributed by atoms with Gasteiger partial charge in [-0.3, -0.25) is 4.79 Å². The number of ether oxygens (including phenoxy) is 1. The molecule has 0 bridgehead atoms. The minimum Gasteiger partial charge on any atom is -0.462 e. The number of hydrogen-bond donors (Lipinski definition) is 3. The normalized spacial score (nSPS) is 27.3. The van der Waals surface area contributed by atoms with Gasteiger partial charge in [0.05, 0.1) is 18.7 Å². The molecule has 4 aliphatic rings. The molecule has 3 N–H and O–H groups in total. The van der Waals surface area contributed by atoms with Crippen molar-refractivity contribution in [1.82, 2.24) is 5.32 Å². The van der Waals surface area contributed by atoms with Crippen molar-refractivity contribution in [1.29, 1.82) is 0 Å². The van der Waals surface area contributed by atoms with Gasteiger partial charge in [-0.25, -0.2) is 9.59 Å². The Kier molecular flexibility index (Phi) is 9.65. The zero-order valence-corrected chi connectivity index (χ0v) is 28.3. The molecule has 0 radical (unpaired) electrons. The summed E-state index contributed by atoms with van der Waals surface area (Å²) in [5, 5.41) is 16.7. The van der Waals surface area contributed by atoms with Crippen molar-refractivity contribution >= 4 is 23.5 Å². The Balaban J connectivity index is 1.21. The van der Waals surface area contributed by atoms with Gasteiger partial charge < -0.3 is 20.5 Å². The van der Waals surface area contributed by atoms with Crippen LogP contribution in [0.25, 0.3) is 0 Å². The van der Waals surface area contributed by atoms with Gasteiger partial charge >= 0.3 is 24.1 Å². The van der Waals surface area contributed by atoms with E-state index in [2.05, 4.69) is 22.5 Å². The lowest BCUT2D eigenvalue weighted by atomic mass is 9.50. The number of carbonyl (C=O) groups is 3. The molecule has 51 heavy (non-hydrogen) atoms. The topological polar surface area (TPSA) is 105 Å². The van der Waals surface area contributed by atoms with Crippen LogP contribution < -0.4 is 10.6 Å². The average Bonchev–Trinajstić information content (AvgIpc) is 3.37. The van der Waals surface area contributed by atoms with Crippen LogP contribution in [0.15, 0.2) is 71.3 Å². The number of alkyl halides is 5. The average molecular weight is 711 g/mol. The number of halogens is 5. The van der Waals surface area contributed by atoms with Crippen LogP contribution in [-0.4, -0.2) is 53.7 Å². The summed E-state index contributed by atoms with van der Waals surface area (Å²) in [5.41, 5.74) is 0.0206. The molecule has 12 heteroatoms.